The molecule has 2 aromatic rings. The Labute approximate surface area is 215 Å². The van der Waals surface area contributed by atoms with Crippen LogP contribution in [0.2, 0.25) is 0 Å². The van der Waals surface area contributed by atoms with E-state index in [1.807, 2.05) is 43.3 Å². The molecule has 0 spiro atoms. The minimum absolute atomic E-state index is 0. The molecule has 3 rings (SSSR count). The highest BCUT2D eigenvalue weighted by Gasteiger charge is 2.19. The van der Waals surface area contributed by atoms with Crippen LogP contribution in [0, 0.1) is 0 Å². The number of hydrogen-bond donors (Lipinski definition) is 2. The van der Waals surface area contributed by atoms with E-state index in [1.165, 1.54) is 13.0 Å². The zero-order valence-corrected chi connectivity index (χ0v) is 22.4. The Bertz CT molecular complexity index is 839. The SMILES string of the molecule is CCCN1CCC(NC(=NCc2ccnc(Oc3ccc(OCC)cc3)c2)NCC)CC1.I. The van der Waals surface area contributed by atoms with E-state index in [-0.39, 0.29) is 24.0 Å². The fraction of sp³-hybridized carbons (Fsp3) is 0.520. The van der Waals surface area contributed by atoms with Crippen LogP contribution in [0.15, 0.2) is 47.6 Å². The van der Waals surface area contributed by atoms with Crippen LogP contribution in [0.25, 0.3) is 0 Å². The van der Waals surface area contributed by atoms with Crippen molar-refractivity contribution in [2.45, 2.75) is 52.6 Å². The van der Waals surface area contributed by atoms with E-state index in [2.05, 4.69) is 34.4 Å². The lowest BCUT2D eigenvalue weighted by atomic mass is 10.1. The number of hydrogen-bond acceptors (Lipinski definition) is 5. The summed E-state index contributed by atoms with van der Waals surface area (Å²) in [6.07, 6.45) is 5.29. The zero-order chi connectivity index (χ0) is 22.6. The van der Waals surface area contributed by atoms with E-state index >= 15 is 0 Å². The number of nitrogens with zero attached hydrogens (tertiary/aromatic N) is 3. The normalized spacial score (nSPS) is 14.9. The molecule has 7 nitrogen and oxygen atoms in total. The largest absolute Gasteiger partial charge is 0.494 e. The Morgan fingerprint density at radius 2 is 1.82 bits per heavy atom. The second kappa shape index (κ2) is 15.0. The van der Waals surface area contributed by atoms with Crippen LogP contribution in [0.5, 0.6) is 17.4 Å². The maximum absolute atomic E-state index is 5.91. The maximum Gasteiger partial charge on any atom is 0.219 e. The number of halogens is 1. The lowest BCUT2D eigenvalue weighted by molar-refractivity contribution is 0.206. The molecule has 0 aliphatic carbocycles. The first kappa shape index (κ1) is 27.2. The molecule has 1 aromatic carbocycles. The number of likely N-dealkylation sites (tertiary alicyclic amines) is 1. The molecule has 2 heterocycles. The predicted octanol–water partition coefficient (Wildman–Crippen LogP) is 4.82. The van der Waals surface area contributed by atoms with Gasteiger partial charge in [-0.3, -0.25) is 0 Å². The van der Waals surface area contributed by atoms with Gasteiger partial charge in [0.05, 0.1) is 13.2 Å². The Morgan fingerprint density at radius 3 is 2.48 bits per heavy atom. The molecular weight excluding hydrogens is 529 g/mol. The fourth-order valence-electron chi connectivity index (χ4n) is 3.80. The molecule has 2 N–H and O–H groups in total. The number of piperidine rings is 1. The number of aromatic nitrogens is 1. The lowest BCUT2D eigenvalue weighted by Crippen LogP contribution is -2.48. The van der Waals surface area contributed by atoms with Crippen LogP contribution in [0.4, 0.5) is 0 Å². The molecule has 0 saturated carbocycles. The highest BCUT2D eigenvalue weighted by atomic mass is 127. The summed E-state index contributed by atoms with van der Waals surface area (Å²) >= 11 is 0. The molecule has 1 fully saturated rings. The number of aliphatic imine (C=N–C) groups is 1. The Kier molecular flexibility index (Phi) is 12.3. The van der Waals surface area contributed by atoms with Crippen molar-refractivity contribution in [1.82, 2.24) is 20.5 Å². The van der Waals surface area contributed by atoms with Crippen molar-refractivity contribution in [3.8, 4) is 17.4 Å². The third-order valence-corrected chi connectivity index (χ3v) is 5.39. The molecule has 8 heteroatoms. The summed E-state index contributed by atoms with van der Waals surface area (Å²) < 4.78 is 11.4. The molecule has 0 radical (unpaired) electrons. The van der Waals surface area contributed by atoms with E-state index in [4.69, 9.17) is 14.5 Å². The second-order valence-electron chi connectivity index (χ2n) is 7.96. The van der Waals surface area contributed by atoms with Gasteiger partial charge < -0.3 is 25.0 Å². The van der Waals surface area contributed by atoms with Gasteiger partial charge in [0.2, 0.25) is 5.88 Å². The van der Waals surface area contributed by atoms with Gasteiger partial charge >= 0.3 is 0 Å². The molecular formula is C25H38IN5O2. The minimum Gasteiger partial charge on any atom is -0.494 e. The summed E-state index contributed by atoms with van der Waals surface area (Å²) in [5.41, 5.74) is 1.05. The standard InChI is InChI=1S/C25H37N5O2.HI/c1-4-15-30-16-12-21(13-17-30)29-25(26-5-2)28-19-20-11-14-27-24(18-20)32-23-9-7-22(8-10-23)31-6-3;/h7-11,14,18,21H,4-6,12-13,15-17,19H2,1-3H3,(H2,26,28,29);1H. The molecule has 0 unspecified atom stereocenters. The molecule has 1 aliphatic heterocycles. The number of benzene rings is 1. The number of guanidine groups is 1. The van der Waals surface area contributed by atoms with E-state index in [1.54, 1.807) is 6.20 Å². The summed E-state index contributed by atoms with van der Waals surface area (Å²) in [6, 6.07) is 11.9. The summed E-state index contributed by atoms with van der Waals surface area (Å²) in [6.45, 7) is 11.9. The number of ether oxygens (including phenoxy) is 2. The van der Waals surface area contributed by atoms with Crippen LogP contribution in [-0.2, 0) is 6.54 Å². The van der Waals surface area contributed by atoms with E-state index in [0.29, 0.717) is 25.1 Å². The Hall–Kier alpha value is -2.07. The summed E-state index contributed by atoms with van der Waals surface area (Å²) in [5, 5.41) is 6.99. The van der Waals surface area contributed by atoms with Crippen molar-refractivity contribution < 1.29 is 9.47 Å². The maximum atomic E-state index is 5.91. The van der Waals surface area contributed by atoms with Crippen LogP contribution < -0.4 is 20.1 Å². The van der Waals surface area contributed by atoms with Crippen molar-refractivity contribution in [3.63, 3.8) is 0 Å². The molecule has 1 aromatic heterocycles. The fourth-order valence-corrected chi connectivity index (χ4v) is 3.80. The second-order valence-corrected chi connectivity index (χ2v) is 7.96. The zero-order valence-electron chi connectivity index (χ0n) is 20.0. The van der Waals surface area contributed by atoms with Gasteiger partial charge in [-0.25, -0.2) is 9.98 Å². The van der Waals surface area contributed by atoms with Crippen molar-refractivity contribution in [2.24, 2.45) is 4.99 Å². The first-order chi connectivity index (χ1) is 15.7. The van der Waals surface area contributed by atoms with Crippen LogP contribution in [0.1, 0.15) is 45.6 Å². The Balaban J connectivity index is 0.00000385. The molecule has 1 saturated heterocycles. The molecule has 33 heavy (non-hydrogen) atoms. The van der Waals surface area contributed by atoms with Gasteiger partial charge in [0.15, 0.2) is 5.96 Å². The number of rotatable bonds is 10. The third kappa shape index (κ3) is 9.37. The molecule has 0 atom stereocenters. The third-order valence-electron chi connectivity index (χ3n) is 5.39. The van der Waals surface area contributed by atoms with Crippen molar-refractivity contribution in [1.29, 1.82) is 0 Å². The van der Waals surface area contributed by atoms with Gasteiger partial charge in [0.25, 0.3) is 0 Å². The average Bonchev–Trinajstić information content (AvgIpc) is 2.81. The quantitative estimate of drug-likeness (QED) is 0.244. The first-order valence-electron chi connectivity index (χ1n) is 11.8. The molecule has 1 aliphatic rings. The van der Waals surface area contributed by atoms with Gasteiger partial charge in [-0.2, -0.15) is 0 Å². The average molecular weight is 568 g/mol. The highest BCUT2D eigenvalue weighted by Crippen LogP contribution is 2.23. The van der Waals surface area contributed by atoms with Gasteiger partial charge in [0, 0.05) is 37.9 Å². The van der Waals surface area contributed by atoms with Crippen molar-refractivity contribution in [3.05, 3.63) is 48.2 Å². The molecule has 0 amide bonds. The Morgan fingerprint density at radius 1 is 1.09 bits per heavy atom. The van der Waals surface area contributed by atoms with Crippen molar-refractivity contribution in [2.75, 3.05) is 32.8 Å². The van der Waals surface area contributed by atoms with E-state index < -0.39 is 0 Å². The van der Waals surface area contributed by atoms with E-state index in [9.17, 15) is 0 Å². The van der Waals surface area contributed by atoms with Gasteiger partial charge in [-0.05, 0) is 75.5 Å². The van der Waals surface area contributed by atoms with Crippen molar-refractivity contribution >= 4 is 29.9 Å². The smallest absolute Gasteiger partial charge is 0.219 e. The van der Waals surface area contributed by atoms with Gasteiger partial charge in [-0.15, -0.1) is 24.0 Å². The summed E-state index contributed by atoms with van der Waals surface area (Å²) in [5.74, 6) is 2.98. The highest BCUT2D eigenvalue weighted by molar-refractivity contribution is 14.0. The number of nitrogens with one attached hydrogen (secondary N) is 2. The first-order valence-corrected chi connectivity index (χ1v) is 11.8. The summed E-state index contributed by atoms with van der Waals surface area (Å²) in [4.78, 5) is 11.7. The molecule has 0 bridgehead atoms. The number of pyridine rings is 1. The lowest BCUT2D eigenvalue weighted by Gasteiger charge is -2.32. The van der Waals surface area contributed by atoms with Crippen LogP contribution in [0.3, 0.4) is 0 Å². The van der Waals surface area contributed by atoms with Gasteiger partial charge in [-0.1, -0.05) is 6.92 Å². The van der Waals surface area contributed by atoms with E-state index in [0.717, 1.165) is 55.5 Å². The van der Waals surface area contributed by atoms with Crippen LogP contribution in [-0.4, -0.2) is 54.7 Å². The topological polar surface area (TPSA) is 71.0 Å². The minimum atomic E-state index is 0. The van der Waals surface area contributed by atoms with Crippen LogP contribution >= 0.6 is 24.0 Å². The van der Waals surface area contributed by atoms with Gasteiger partial charge in [0.1, 0.15) is 11.5 Å². The monoisotopic (exact) mass is 567 g/mol. The predicted molar refractivity (Wildman–Crippen MR) is 145 cm³/mol. The molecule has 182 valence electrons. The summed E-state index contributed by atoms with van der Waals surface area (Å²) in [7, 11) is 0.